The molecule has 0 aliphatic carbocycles. The molecule has 0 aromatic carbocycles. The Balaban J connectivity index is 2.14. The highest BCUT2D eigenvalue weighted by Crippen LogP contribution is 2.21. The predicted molar refractivity (Wildman–Crippen MR) is 67.2 cm³/mol. The molecule has 2 heteroatoms. The van der Waals surface area contributed by atoms with E-state index in [9.17, 15) is 0 Å². The van der Waals surface area contributed by atoms with E-state index in [1.54, 1.807) is 0 Å². The third-order valence-corrected chi connectivity index (χ3v) is 3.53. The third-order valence-electron chi connectivity index (χ3n) is 3.53. The van der Waals surface area contributed by atoms with Gasteiger partial charge in [0.05, 0.1) is 0 Å². The lowest BCUT2D eigenvalue weighted by Gasteiger charge is -2.33. The molecule has 15 heavy (non-hydrogen) atoms. The van der Waals surface area contributed by atoms with Crippen molar-refractivity contribution >= 4 is 0 Å². The van der Waals surface area contributed by atoms with E-state index in [0.717, 1.165) is 18.4 Å². The first kappa shape index (κ1) is 13.0. The molecular weight excluding hydrogens is 184 g/mol. The molecular formula is C13H28N2. The summed E-state index contributed by atoms with van der Waals surface area (Å²) in [6.07, 6.45) is 5.67. The van der Waals surface area contributed by atoms with E-state index in [1.165, 1.54) is 45.3 Å². The zero-order valence-corrected chi connectivity index (χ0v) is 10.8. The number of piperidine rings is 1. The second-order valence-corrected chi connectivity index (χ2v) is 5.20. The van der Waals surface area contributed by atoms with Crippen LogP contribution in [0.4, 0.5) is 0 Å². The van der Waals surface area contributed by atoms with E-state index in [0.29, 0.717) is 0 Å². The minimum absolute atomic E-state index is 0.790. The summed E-state index contributed by atoms with van der Waals surface area (Å²) < 4.78 is 0. The van der Waals surface area contributed by atoms with Crippen LogP contribution in [0.15, 0.2) is 0 Å². The van der Waals surface area contributed by atoms with Gasteiger partial charge in [-0.3, -0.25) is 0 Å². The molecule has 90 valence electrons. The van der Waals surface area contributed by atoms with Crippen molar-refractivity contribution < 1.29 is 0 Å². The molecule has 1 heterocycles. The average molecular weight is 212 g/mol. The third kappa shape index (κ3) is 4.98. The molecule has 1 fully saturated rings. The van der Waals surface area contributed by atoms with Crippen molar-refractivity contribution in [1.29, 1.82) is 0 Å². The lowest BCUT2D eigenvalue weighted by Crippen LogP contribution is -2.38. The lowest BCUT2D eigenvalue weighted by atomic mass is 9.92. The Morgan fingerprint density at radius 2 is 2.00 bits per heavy atom. The van der Waals surface area contributed by atoms with Crippen molar-refractivity contribution in [1.82, 2.24) is 10.2 Å². The van der Waals surface area contributed by atoms with Gasteiger partial charge in [-0.05, 0) is 51.4 Å². The fraction of sp³-hybridized carbons (Fsp3) is 1.00. The standard InChI is InChI=1S/C13H28N2/c1-4-5-13-6-8-15(9-7-13)11-12(2)10-14-3/h12-14H,4-11H2,1-3H3. The minimum Gasteiger partial charge on any atom is -0.319 e. The predicted octanol–water partition coefficient (Wildman–Crippen LogP) is 2.35. The normalized spacial score (nSPS) is 21.8. The summed E-state index contributed by atoms with van der Waals surface area (Å²) in [7, 11) is 2.05. The highest BCUT2D eigenvalue weighted by molar-refractivity contribution is 4.73. The maximum atomic E-state index is 3.26. The first-order valence-corrected chi connectivity index (χ1v) is 6.63. The summed E-state index contributed by atoms with van der Waals surface area (Å²) in [6, 6.07) is 0. The van der Waals surface area contributed by atoms with Crippen LogP contribution < -0.4 is 5.32 Å². The van der Waals surface area contributed by atoms with Gasteiger partial charge in [0.1, 0.15) is 0 Å². The van der Waals surface area contributed by atoms with Crippen LogP contribution in [-0.4, -0.2) is 38.1 Å². The highest BCUT2D eigenvalue weighted by atomic mass is 15.1. The summed E-state index contributed by atoms with van der Waals surface area (Å²) in [4.78, 5) is 2.65. The first-order valence-electron chi connectivity index (χ1n) is 6.63. The van der Waals surface area contributed by atoms with Gasteiger partial charge in [-0.25, -0.2) is 0 Å². The molecule has 0 radical (unpaired) electrons. The van der Waals surface area contributed by atoms with Crippen LogP contribution in [0.5, 0.6) is 0 Å². The Morgan fingerprint density at radius 3 is 2.53 bits per heavy atom. The second kappa shape index (κ2) is 7.24. The Morgan fingerprint density at radius 1 is 1.33 bits per heavy atom. The Labute approximate surface area is 95.4 Å². The summed E-state index contributed by atoms with van der Waals surface area (Å²) in [5.41, 5.74) is 0. The molecule has 1 aliphatic heterocycles. The fourth-order valence-corrected chi connectivity index (χ4v) is 2.72. The maximum absolute atomic E-state index is 3.26. The van der Waals surface area contributed by atoms with Gasteiger partial charge in [-0.2, -0.15) is 0 Å². The fourth-order valence-electron chi connectivity index (χ4n) is 2.72. The minimum atomic E-state index is 0.790. The van der Waals surface area contributed by atoms with Gasteiger partial charge < -0.3 is 10.2 Å². The van der Waals surface area contributed by atoms with Gasteiger partial charge in [0.2, 0.25) is 0 Å². The first-order chi connectivity index (χ1) is 7.26. The Kier molecular flexibility index (Phi) is 6.26. The van der Waals surface area contributed by atoms with Crippen LogP contribution in [0.1, 0.15) is 39.5 Å². The highest BCUT2D eigenvalue weighted by Gasteiger charge is 2.19. The zero-order valence-electron chi connectivity index (χ0n) is 10.8. The van der Waals surface area contributed by atoms with Gasteiger partial charge in [0.15, 0.2) is 0 Å². The molecule has 1 unspecified atom stereocenters. The van der Waals surface area contributed by atoms with E-state index < -0.39 is 0 Å². The smallest absolute Gasteiger partial charge is 0.00191 e. The molecule has 1 aliphatic rings. The summed E-state index contributed by atoms with van der Waals surface area (Å²) in [5.74, 6) is 1.81. The average Bonchev–Trinajstić information content (AvgIpc) is 2.22. The van der Waals surface area contributed by atoms with Gasteiger partial charge in [-0.1, -0.05) is 26.7 Å². The number of nitrogens with one attached hydrogen (secondary N) is 1. The van der Waals surface area contributed by atoms with Gasteiger partial charge in [0, 0.05) is 6.54 Å². The largest absolute Gasteiger partial charge is 0.319 e. The monoisotopic (exact) mass is 212 g/mol. The Bertz CT molecular complexity index is 151. The molecule has 0 aromatic heterocycles. The molecule has 1 atom stereocenters. The topological polar surface area (TPSA) is 15.3 Å². The van der Waals surface area contributed by atoms with E-state index in [2.05, 4.69) is 24.1 Å². The van der Waals surface area contributed by atoms with Crippen molar-refractivity contribution in [3.05, 3.63) is 0 Å². The van der Waals surface area contributed by atoms with Crippen molar-refractivity contribution in [3.63, 3.8) is 0 Å². The van der Waals surface area contributed by atoms with Crippen molar-refractivity contribution in [2.75, 3.05) is 33.2 Å². The zero-order chi connectivity index (χ0) is 11.1. The van der Waals surface area contributed by atoms with E-state index in [1.807, 2.05) is 7.05 Å². The summed E-state index contributed by atoms with van der Waals surface area (Å²) in [5, 5.41) is 3.26. The molecule has 0 bridgehead atoms. The maximum Gasteiger partial charge on any atom is 0.00191 e. The van der Waals surface area contributed by atoms with Crippen LogP contribution in [0.2, 0.25) is 0 Å². The molecule has 1 saturated heterocycles. The van der Waals surface area contributed by atoms with E-state index in [4.69, 9.17) is 0 Å². The van der Waals surface area contributed by atoms with Crippen molar-refractivity contribution in [2.45, 2.75) is 39.5 Å². The molecule has 0 spiro atoms. The molecule has 1 N–H and O–H groups in total. The number of hydrogen-bond acceptors (Lipinski definition) is 2. The molecule has 1 rings (SSSR count). The number of hydrogen-bond donors (Lipinski definition) is 1. The second-order valence-electron chi connectivity index (χ2n) is 5.20. The molecule has 0 amide bonds. The molecule has 0 saturated carbocycles. The Hall–Kier alpha value is -0.0800. The quantitative estimate of drug-likeness (QED) is 0.727. The van der Waals surface area contributed by atoms with E-state index >= 15 is 0 Å². The van der Waals surface area contributed by atoms with Crippen LogP contribution in [-0.2, 0) is 0 Å². The number of rotatable bonds is 6. The van der Waals surface area contributed by atoms with Crippen LogP contribution >= 0.6 is 0 Å². The van der Waals surface area contributed by atoms with E-state index in [-0.39, 0.29) is 0 Å². The lowest BCUT2D eigenvalue weighted by molar-refractivity contribution is 0.159. The van der Waals surface area contributed by atoms with Crippen molar-refractivity contribution in [2.24, 2.45) is 11.8 Å². The molecule has 0 aromatic rings. The van der Waals surface area contributed by atoms with Crippen LogP contribution in [0, 0.1) is 11.8 Å². The van der Waals surface area contributed by atoms with Crippen LogP contribution in [0.25, 0.3) is 0 Å². The summed E-state index contributed by atoms with van der Waals surface area (Å²) in [6.45, 7) is 9.74. The van der Waals surface area contributed by atoms with Crippen LogP contribution in [0.3, 0.4) is 0 Å². The van der Waals surface area contributed by atoms with Crippen molar-refractivity contribution in [3.8, 4) is 0 Å². The summed E-state index contributed by atoms with van der Waals surface area (Å²) >= 11 is 0. The molecule has 2 nitrogen and oxygen atoms in total. The number of nitrogens with zero attached hydrogens (tertiary/aromatic N) is 1. The van der Waals surface area contributed by atoms with Gasteiger partial charge in [-0.15, -0.1) is 0 Å². The SMILES string of the molecule is CCCC1CCN(CC(C)CNC)CC1. The van der Waals surface area contributed by atoms with Gasteiger partial charge in [0.25, 0.3) is 0 Å². The van der Waals surface area contributed by atoms with Gasteiger partial charge >= 0.3 is 0 Å². The number of likely N-dealkylation sites (tertiary alicyclic amines) is 1.